The predicted molar refractivity (Wildman–Crippen MR) is 41.1 cm³/mol. The van der Waals surface area contributed by atoms with E-state index in [1.807, 2.05) is 0 Å². The standard InChI is InChI=1S/C7H11N3O2/c1-3-6(11)9-5(2)7-8-4-12-10-7/h4-5H,3H2,1-2H3,(H,9,11). The Balaban J connectivity index is 2.49. The highest BCUT2D eigenvalue weighted by molar-refractivity contribution is 5.75. The van der Waals surface area contributed by atoms with Gasteiger partial charge in [-0.1, -0.05) is 12.1 Å². The van der Waals surface area contributed by atoms with E-state index in [1.54, 1.807) is 13.8 Å². The predicted octanol–water partition coefficient (Wildman–Crippen LogP) is 0.657. The molecule has 0 aliphatic carbocycles. The van der Waals surface area contributed by atoms with Crippen LogP contribution >= 0.6 is 0 Å². The Labute approximate surface area is 70.2 Å². The van der Waals surface area contributed by atoms with Crippen molar-refractivity contribution < 1.29 is 9.32 Å². The molecule has 0 spiro atoms. The summed E-state index contributed by atoms with van der Waals surface area (Å²) in [6.07, 6.45) is 1.70. The van der Waals surface area contributed by atoms with Gasteiger partial charge in [-0.2, -0.15) is 4.98 Å². The van der Waals surface area contributed by atoms with E-state index >= 15 is 0 Å². The molecule has 12 heavy (non-hydrogen) atoms. The lowest BCUT2D eigenvalue weighted by Crippen LogP contribution is -2.26. The van der Waals surface area contributed by atoms with Gasteiger partial charge in [0.1, 0.15) is 0 Å². The number of nitrogens with zero attached hydrogens (tertiary/aromatic N) is 2. The fraction of sp³-hybridized carbons (Fsp3) is 0.571. The third-order valence-electron chi connectivity index (χ3n) is 1.46. The molecule has 1 N–H and O–H groups in total. The highest BCUT2D eigenvalue weighted by atomic mass is 16.5. The van der Waals surface area contributed by atoms with Crippen LogP contribution in [0.2, 0.25) is 0 Å². The van der Waals surface area contributed by atoms with Gasteiger partial charge in [0.05, 0.1) is 6.04 Å². The Bertz CT molecular complexity index is 245. The van der Waals surface area contributed by atoms with Gasteiger partial charge in [0.2, 0.25) is 12.3 Å². The number of carbonyl (C=O) groups is 1. The minimum atomic E-state index is -0.184. The first-order valence-electron chi connectivity index (χ1n) is 3.79. The van der Waals surface area contributed by atoms with E-state index in [0.29, 0.717) is 12.2 Å². The maximum atomic E-state index is 10.9. The van der Waals surface area contributed by atoms with Crippen molar-refractivity contribution in [1.82, 2.24) is 15.5 Å². The molecule has 0 fully saturated rings. The van der Waals surface area contributed by atoms with Crippen LogP contribution in [0.5, 0.6) is 0 Å². The van der Waals surface area contributed by atoms with Crippen LogP contribution in [0.25, 0.3) is 0 Å². The molecule has 66 valence electrons. The molecule has 5 nitrogen and oxygen atoms in total. The van der Waals surface area contributed by atoms with Gasteiger partial charge < -0.3 is 9.84 Å². The molecule has 1 amide bonds. The molecule has 0 aromatic carbocycles. The average Bonchev–Trinajstić information content (AvgIpc) is 2.56. The van der Waals surface area contributed by atoms with Gasteiger partial charge in [0.15, 0.2) is 5.82 Å². The van der Waals surface area contributed by atoms with Crippen molar-refractivity contribution in [3.63, 3.8) is 0 Å². The zero-order valence-electron chi connectivity index (χ0n) is 7.07. The van der Waals surface area contributed by atoms with Crippen LogP contribution in [-0.4, -0.2) is 16.0 Å². The number of nitrogens with one attached hydrogen (secondary N) is 1. The molecule has 0 radical (unpaired) electrons. The third kappa shape index (κ3) is 2.05. The summed E-state index contributed by atoms with van der Waals surface area (Å²) in [4.78, 5) is 14.7. The first kappa shape index (κ1) is 8.70. The zero-order chi connectivity index (χ0) is 8.97. The molecule has 0 aliphatic rings. The molecule has 1 aromatic heterocycles. The van der Waals surface area contributed by atoms with Crippen LogP contribution in [0.15, 0.2) is 10.9 Å². The maximum absolute atomic E-state index is 10.9. The van der Waals surface area contributed by atoms with Crippen molar-refractivity contribution in [1.29, 1.82) is 0 Å². The number of aromatic nitrogens is 2. The van der Waals surface area contributed by atoms with E-state index in [1.165, 1.54) is 6.39 Å². The van der Waals surface area contributed by atoms with Crippen molar-refractivity contribution in [3.8, 4) is 0 Å². The van der Waals surface area contributed by atoms with Crippen LogP contribution in [0.3, 0.4) is 0 Å². The van der Waals surface area contributed by atoms with E-state index in [4.69, 9.17) is 0 Å². The van der Waals surface area contributed by atoms with E-state index in [2.05, 4.69) is 20.0 Å². The van der Waals surface area contributed by atoms with Crippen molar-refractivity contribution >= 4 is 5.91 Å². The Kier molecular flexibility index (Phi) is 2.79. The molecule has 1 unspecified atom stereocenters. The first-order chi connectivity index (χ1) is 5.74. The summed E-state index contributed by atoms with van der Waals surface area (Å²) in [5.74, 6) is 0.476. The second kappa shape index (κ2) is 3.85. The molecule has 1 rings (SSSR count). The van der Waals surface area contributed by atoms with Crippen molar-refractivity contribution in [2.24, 2.45) is 0 Å². The Morgan fingerprint density at radius 2 is 2.58 bits per heavy atom. The fourth-order valence-corrected chi connectivity index (χ4v) is 0.778. The van der Waals surface area contributed by atoms with Gasteiger partial charge >= 0.3 is 0 Å². The number of amides is 1. The summed E-state index contributed by atoms with van der Waals surface area (Å²) >= 11 is 0. The minimum absolute atomic E-state index is 0.0210. The largest absolute Gasteiger partial charge is 0.346 e. The van der Waals surface area contributed by atoms with Crippen LogP contribution in [-0.2, 0) is 4.79 Å². The van der Waals surface area contributed by atoms with Crippen molar-refractivity contribution in [2.75, 3.05) is 0 Å². The smallest absolute Gasteiger partial charge is 0.220 e. The second-order valence-electron chi connectivity index (χ2n) is 2.43. The second-order valence-corrected chi connectivity index (χ2v) is 2.43. The molecular formula is C7H11N3O2. The molecule has 1 aromatic rings. The molecule has 0 saturated heterocycles. The van der Waals surface area contributed by atoms with E-state index in [0.717, 1.165) is 0 Å². The van der Waals surface area contributed by atoms with Gasteiger partial charge in [0, 0.05) is 6.42 Å². The monoisotopic (exact) mass is 169 g/mol. The summed E-state index contributed by atoms with van der Waals surface area (Å²) in [5.41, 5.74) is 0. The lowest BCUT2D eigenvalue weighted by Gasteiger charge is -2.07. The Morgan fingerprint density at radius 1 is 1.83 bits per heavy atom. The topological polar surface area (TPSA) is 68.0 Å². The highest BCUT2D eigenvalue weighted by Gasteiger charge is 2.11. The van der Waals surface area contributed by atoms with Crippen LogP contribution in [0, 0.1) is 0 Å². The lowest BCUT2D eigenvalue weighted by atomic mass is 10.3. The number of hydrogen-bond donors (Lipinski definition) is 1. The van der Waals surface area contributed by atoms with Crippen LogP contribution in [0.4, 0.5) is 0 Å². The van der Waals surface area contributed by atoms with Crippen LogP contribution in [0.1, 0.15) is 32.1 Å². The highest BCUT2D eigenvalue weighted by Crippen LogP contribution is 2.04. The Morgan fingerprint density at radius 3 is 3.08 bits per heavy atom. The van der Waals surface area contributed by atoms with Crippen molar-refractivity contribution in [3.05, 3.63) is 12.2 Å². The summed E-state index contributed by atoms with van der Waals surface area (Å²) in [5, 5.41) is 6.31. The average molecular weight is 169 g/mol. The van der Waals surface area contributed by atoms with Crippen molar-refractivity contribution in [2.45, 2.75) is 26.3 Å². The molecule has 1 heterocycles. The molecule has 0 saturated carbocycles. The SMILES string of the molecule is CCC(=O)NC(C)c1ncon1. The fourth-order valence-electron chi connectivity index (χ4n) is 0.778. The van der Waals surface area contributed by atoms with Crippen LogP contribution < -0.4 is 5.32 Å². The summed E-state index contributed by atoms with van der Waals surface area (Å²) in [6.45, 7) is 3.59. The van der Waals surface area contributed by atoms with E-state index in [9.17, 15) is 4.79 Å². The summed E-state index contributed by atoms with van der Waals surface area (Å²) < 4.78 is 4.54. The maximum Gasteiger partial charge on any atom is 0.220 e. The van der Waals surface area contributed by atoms with Gasteiger partial charge in [-0.15, -0.1) is 0 Å². The molecular weight excluding hydrogens is 158 g/mol. The zero-order valence-corrected chi connectivity index (χ0v) is 7.07. The van der Waals surface area contributed by atoms with Gasteiger partial charge in [-0.25, -0.2) is 0 Å². The minimum Gasteiger partial charge on any atom is -0.346 e. The first-order valence-corrected chi connectivity index (χ1v) is 3.79. The van der Waals surface area contributed by atoms with Gasteiger partial charge in [0.25, 0.3) is 0 Å². The summed E-state index contributed by atoms with van der Waals surface area (Å²) in [7, 11) is 0. The number of carbonyl (C=O) groups excluding carboxylic acids is 1. The normalized spacial score (nSPS) is 12.5. The molecule has 1 atom stereocenters. The van der Waals surface area contributed by atoms with Gasteiger partial charge in [-0.05, 0) is 6.92 Å². The number of hydrogen-bond acceptors (Lipinski definition) is 4. The van der Waals surface area contributed by atoms with E-state index in [-0.39, 0.29) is 11.9 Å². The molecule has 5 heteroatoms. The third-order valence-corrected chi connectivity index (χ3v) is 1.46. The molecule has 0 aliphatic heterocycles. The Hall–Kier alpha value is -1.39. The summed E-state index contributed by atoms with van der Waals surface area (Å²) in [6, 6.07) is -0.184. The molecule has 0 bridgehead atoms. The lowest BCUT2D eigenvalue weighted by molar-refractivity contribution is -0.121. The van der Waals surface area contributed by atoms with E-state index < -0.39 is 0 Å². The van der Waals surface area contributed by atoms with Gasteiger partial charge in [-0.3, -0.25) is 4.79 Å². The number of rotatable bonds is 3. The quantitative estimate of drug-likeness (QED) is 0.721.